The SMILES string of the molecule is NC(CSC[C@H](N)C(=O)O)C(=O)O.S. The molecule has 1 unspecified atom stereocenters. The van der Waals surface area contributed by atoms with Gasteiger partial charge in [0.1, 0.15) is 12.1 Å². The highest BCUT2D eigenvalue weighted by Gasteiger charge is 2.15. The summed E-state index contributed by atoms with van der Waals surface area (Å²) >= 11 is 1.11. The molecular weight excluding hydrogens is 228 g/mol. The van der Waals surface area contributed by atoms with E-state index in [2.05, 4.69) is 0 Å². The van der Waals surface area contributed by atoms with Crippen LogP contribution in [0, 0.1) is 0 Å². The summed E-state index contributed by atoms with van der Waals surface area (Å²) < 4.78 is 0. The predicted molar refractivity (Wildman–Crippen MR) is 58.9 cm³/mol. The van der Waals surface area contributed by atoms with Crippen LogP contribution in [-0.2, 0) is 9.59 Å². The normalized spacial score (nSPS) is 13.9. The van der Waals surface area contributed by atoms with Crippen LogP contribution in [0.25, 0.3) is 0 Å². The summed E-state index contributed by atoms with van der Waals surface area (Å²) in [5, 5.41) is 16.7. The lowest BCUT2D eigenvalue weighted by Gasteiger charge is -2.07. The van der Waals surface area contributed by atoms with Crippen LogP contribution in [0.2, 0.25) is 0 Å². The molecule has 0 amide bonds. The molecule has 0 aliphatic heterocycles. The maximum atomic E-state index is 10.2. The van der Waals surface area contributed by atoms with Gasteiger partial charge in [0.15, 0.2) is 0 Å². The van der Waals surface area contributed by atoms with Gasteiger partial charge in [-0.2, -0.15) is 25.3 Å². The van der Waals surface area contributed by atoms with E-state index >= 15 is 0 Å². The Kier molecular flexibility index (Phi) is 9.05. The maximum Gasteiger partial charge on any atom is 0.321 e. The number of rotatable bonds is 6. The topological polar surface area (TPSA) is 127 Å². The Morgan fingerprint density at radius 3 is 1.57 bits per heavy atom. The minimum atomic E-state index is -1.10. The second kappa shape index (κ2) is 7.92. The molecule has 0 bridgehead atoms. The number of aliphatic carboxylic acids is 2. The van der Waals surface area contributed by atoms with Crippen molar-refractivity contribution < 1.29 is 19.8 Å². The van der Waals surface area contributed by atoms with Gasteiger partial charge < -0.3 is 21.7 Å². The molecule has 0 aromatic rings. The Labute approximate surface area is 92.5 Å². The molecule has 0 aliphatic carbocycles. The standard InChI is InChI=1S/C6H12N2O4S.H2S/c7-3(5(9)10)1-13-2-4(8)6(11)12;/h3-4H,1-2,7-8H2,(H,9,10)(H,11,12);1H2/t3-,4?;/m0./s1. The van der Waals surface area contributed by atoms with Crippen molar-refractivity contribution in [1.82, 2.24) is 0 Å². The molecule has 0 aliphatic rings. The number of hydrogen-bond donors (Lipinski definition) is 4. The molecule has 0 radical (unpaired) electrons. The van der Waals surface area contributed by atoms with E-state index in [1.54, 1.807) is 0 Å². The first kappa shape index (κ1) is 16.0. The van der Waals surface area contributed by atoms with Crippen LogP contribution in [-0.4, -0.2) is 45.7 Å². The number of carbonyl (C=O) groups is 2. The molecule has 6 N–H and O–H groups in total. The Morgan fingerprint density at radius 2 is 1.36 bits per heavy atom. The lowest BCUT2D eigenvalue weighted by molar-refractivity contribution is -0.138. The Morgan fingerprint density at radius 1 is 1.07 bits per heavy atom. The van der Waals surface area contributed by atoms with Gasteiger partial charge >= 0.3 is 11.9 Å². The number of thioether (sulfide) groups is 1. The largest absolute Gasteiger partial charge is 0.480 e. The van der Waals surface area contributed by atoms with E-state index < -0.39 is 24.0 Å². The molecule has 2 atom stereocenters. The van der Waals surface area contributed by atoms with Gasteiger partial charge in [-0.15, -0.1) is 0 Å². The molecule has 0 spiro atoms. The highest BCUT2D eigenvalue weighted by Crippen LogP contribution is 2.03. The van der Waals surface area contributed by atoms with E-state index in [0.29, 0.717) is 0 Å². The number of nitrogens with two attached hydrogens (primary N) is 2. The second-order valence-electron chi connectivity index (χ2n) is 2.43. The Hall–Kier alpha value is -0.440. The summed E-state index contributed by atoms with van der Waals surface area (Å²) in [6.07, 6.45) is 0. The van der Waals surface area contributed by atoms with Gasteiger partial charge in [0.2, 0.25) is 0 Å². The molecule has 84 valence electrons. The lowest BCUT2D eigenvalue weighted by atomic mass is 10.4. The zero-order valence-corrected chi connectivity index (χ0v) is 9.16. The molecule has 0 heterocycles. The fourth-order valence-electron chi connectivity index (χ4n) is 0.465. The van der Waals surface area contributed by atoms with Crippen LogP contribution >= 0.6 is 25.3 Å². The second-order valence-corrected chi connectivity index (χ2v) is 3.50. The van der Waals surface area contributed by atoms with E-state index in [-0.39, 0.29) is 25.0 Å². The summed E-state index contributed by atoms with van der Waals surface area (Å²) in [5.41, 5.74) is 10.3. The summed E-state index contributed by atoms with van der Waals surface area (Å²) in [6.45, 7) is 0. The molecule has 0 saturated carbocycles. The highest BCUT2D eigenvalue weighted by molar-refractivity contribution is 7.99. The maximum absolute atomic E-state index is 10.2. The number of hydrogen-bond acceptors (Lipinski definition) is 5. The van der Waals surface area contributed by atoms with Crippen LogP contribution in [0.1, 0.15) is 0 Å². The first-order valence-corrected chi connectivity index (χ1v) is 4.65. The van der Waals surface area contributed by atoms with Crippen molar-refractivity contribution in [1.29, 1.82) is 0 Å². The average Bonchev–Trinajstić information content (AvgIpc) is 2.03. The zero-order valence-electron chi connectivity index (χ0n) is 7.34. The molecule has 6 nitrogen and oxygen atoms in total. The zero-order chi connectivity index (χ0) is 10.4. The minimum absolute atomic E-state index is 0. The van der Waals surface area contributed by atoms with Crippen molar-refractivity contribution >= 4 is 37.2 Å². The van der Waals surface area contributed by atoms with Crippen LogP contribution < -0.4 is 11.5 Å². The lowest BCUT2D eigenvalue weighted by Crippen LogP contribution is -2.36. The minimum Gasteiger partial charge on any atom is -0.480 e. The summed E-state index contributed by atoms with van der Waals surface area (Å²) in [7, 11) is 0. The van der Waals surface area contributed by atoms with E-state index in [1.807, 2.05) is 0 Å². The summed E-state index contributed by atoms with van der Waals surface area (Å²) in [4.78, 5) is 20.4. The molecular formula is C6H14N2O4S2. The van der Waals surface area contributed by atoms with Gasteiger partial charge in [0.25, 0.3) is 0 Å². The van der Waals surface area contributed by atoms with Gasteiger partial charge in [0, 0.05) is 11.5 Å². The number of carboxylic acid groups (broad SMARTS) is 2. The highest BCUT2D eigenvalue weighted by atomic mass is 32.2. The molecule has 0 aromatic carbocycles. The van der Waals surface area contributed by atoms with Gasteiger partial charge in [-0.25, -0.2) is 0 Å². The fraction of sp³-hybridized carbons (Fsp3) is 0.667. The van der Waals surface area contributed by atoms with Crippen LogP contribution in [0.5, 0.6) is 0 Å². The third kappa shape index (κ3) is 7.01. The monoisotopic (exact) mass is 242 g/mol. The van der Waals surface area contributed by atoms with Crippen molar-refractivity contribution in [2.45, 2.75) is 12.1 Å². The smallest absolute Gasteiger partial charge is 0.321 e. The van der Waals surface area contributed by atoms with Gasteiger partial charge in [-0.05, 0) is 0 Å². The third-order valence-electron chi connectivity index (χ3n) is 1.23. The quantitative estimate of drug-likeness (QED) is 0.454. The van der Waals surface area contributed by atoms with Gasteiger partial charge in [-0.3, -0.25) is 9.59 Å². The van der Waals surface area contributed by atoms with Gasteiger partial charge in [0.05, 0.1) is 0 Å². The first-order chi connectivity index (χ1) is 5.95. The summed E-state index contributed by atoms with van der Waals surface area (Å²) in [6, 6.07) is -1.93. The van der Waals surface area contributed by atoms with Crippen LogP contribution in [0.15, 0.2) is 0 Å². The molecule has 0 saturated heterocycles. The average molecular weight is 242 g/mol. The van der Waals surface area contributed by atoms with Crippen molar-refractivity contribution in [2.75, 3.05) is 11.5 Å². The molecule has 0 aromatic heterocycles. The van der Waals surface area contributed by atoms with E-state index in [4.69, 9.17) is 21.7 Å². The van der Waals surface area contributed by atoms with E-state index in [9.17, 15) is 9.59 Å². The molecule has 8 heteroatoms. The van der Waals surface area contributed by atoms with Crippen molar-refractivity contribution in [3.05, 3.63) is 0 Å². The number of carboxylic acids is 2. The Balaban J connectivity index is 0. The fourth-order valence-corrected chi connectivity index (χ4v) is 1.39. The molecule has 0 rings (SSSR count). The van der Waals surface area contributed by atoms with E-state index in [0.717, 1.165) is 11.8 Å². The van der Waals surface area contributed by atoms with Crippen LogP contribution in [0.4, 0.5) is 0 Å². The van der Waals surface area contributed by atoms with Crippen molar-refractivity contribution in [3.8, 4) is 0 Å². The first-order valence-electron chi connectivity index (χ1n) is 3.49. The third-order valence-corrected chi connectivity index (χ3v) is 2.42. The molecule has 14 heavy (non-hydrogen) atoms. The molecule has 0 fully saturated rings. The summed E-state index contributed by atoms with van der Waals surface area (Å²) in [5.74, 6) is -1.88. The predicted octanol–water partition coefficient (Wildman–Crippen LogP) is -1.34. The van der Waals surface area contributed by atoms with Crippen molar-refractivity contribution in [3.63, 3.8) is 0 Å². The Bertz CT molecular complexity index is 182. The van der Waals surface area contributed by atoms with Gasteiger partial charge in [-0.1, -0.05) is 0 Å². The van der Waals surface area contributed by atoms with E-state index in [1.165, 1.54) is 0 Å². The van der Waals surface area contributed by atoms with Crippen molar-refractivity contribution in [2.24, 2.45) is 11.5 Å². The van der Waals surface area contributed by atoms with Crippen LogP contribution in [0.3, 0.4) is 0 Å².